The zero-order chi connectivity index (χ0) is 10.7. The summed E-state index contributed by atoms with van der Waals surface area (Å²) >= 11 is 0. The van der Waals surface area contributed by atoms with E-state index in [0.717, 1.165) is 12.3 Å². The fourth-order valence-electron chi connectivity index (χ4n) is 3.22. The second kappa shape index (κ2) is 5.31. The second-order valence-electron chi connectivity index (χ2n) is 5.52. The van der Waals surface area contributed by atoms with E-state index >= 15 is 0 Å². The highest BCUT2D eigenvalue weighted by Crippen LogP contribution is 2.26. The molecular formula is C13H25NO. The number of rotatable bonds is 1. The van der Waals surface area contributed by atoms with Crippen LogP contribution in [0, 0.1) is 5.92 Å². The van der Waals surface area contributed by atoms with Crippen LogP contribution in [0.1, 0.15) is 51.9 Å². The van der Waals surface area contributed by atoms with Gasteiger partial charge in [0.25, 0.3) is 0 Å². The van der Waals surface area contributed by atoms with Crippen molar-refractivity contribution < 1.29 is 5.11 Å². The average molecular weight is 211 g/mol. The molecule has 2 rings (SSSR count). The minimum Gasteiger partial charge on any atom is -0.391 e. The first-order chi connectivity index (χ1) is 7.27. The van der Waals surface area contributed by atoms with E-state index in [1.807, 2.05) is 0 Å². The molecule has 0 aromatic carbocycles. The maximum atomic E-state index is 10.1. The molecular weight excluding hydrogens is 186 g/mol. The smallest absolute Gasteiger partial charge is 0.0695 e. The summed E-state index contributed by atoms with van der Waals surface area (Å²) in [6.07, 6.45) is 8.73. The average Bonchev–Trinajstić information content (AvgIpc) is 2.43. The van der Waals surface area contributed by atoms with Gasteiger partial charge in [-0.05, 0) is 38.1 Å². The Balaban J connectivity index is 1.94. The van der Waals surface area contributed by atoms with Gasteiger partial charge in [-0.15, -0.1) is 0 Å². The van der Waals surface area contributed by atoms with Crippen LogP contribution >= 0.6 is 0 Å². The van der Waals surface area contributed by atoms with E-state index in [0.29, 0.717) is 6.04 Å². The molecule has 2 aliphatic rings. The van der Waals surface area contributed by atoms with E-state index in [2.05, 4.69) is 11.8 Å². The Hall–Kier alpha value is -0.0800. The molecule has 1 N–H and O–H groups in total. The molecule has 1 aliphatic carbocycles. The number of likely N-dealkylation sites (tertiary alicyclic amines) is 1. The second-order valence-corrected chi connectivity index (χ2v) is 5.52. The molecule has 2 fully saturated rings. The highest BCUT2D eigenvalue weighted by molar-refractivity contribution is 4.84. The third-order valence-corrected chi connectivity index (χ3v) is 4.10. The number of aliphatic hydroxyl groups is 1. The van der Waals surface area contributed by atoms with Crippen LogP contribution in [0.15, 0.2) is 0 Å². The van der Waals surface area contributed by atoms with Gasteiger partial charge >= 0.3 is 0 Å². The molecule has 15 heavy (non-hydrogen) atoms. The minimum atomic E-state index is -0.0576. The molecule has 0 spiro atoms. The van der Waals surface area contributed by atoms with Crippen molar-refractivity contribution in [2.45, 2.75) is 64.0 Å². The van der Waals surface area contributed by atoms with Crippen molar-refractivity contribution in [1.82, 2.24) is 4.90 Å². The number of aliphatic hydroxyl groups excluding tert-OH is 1. The maximum absolute atomic E-state index is 10.1. The van der Waals surface area contributed by atoms with Gasteiger partial charge in [-0.1, -0.05) is 26.2 Å². The summed E-state index contributed by atoms with van der Waals surface area (Å²) in [5.41, 5.74) is 0. The molecule has 88 valence electrons. The van der Waals surface area contributed by atoms with E-state index in [-0.39, 0.29) is 6.10 Å². The first-order valence-corrected chi connectivity index (χ1v) is 6.69. The van der Waals surface area contributed by atoms with Crippen LogP contribution in [0.4, 0.5) is 0 Å². The van der Waals surface area contributed by atoms with Gasteiger partial charge in [-0.3, -0.25) is 4.90 Å². The van der Waals surface area contributed by atoms with E-state index in [1.54, 1.807) is 0 Å². The predicted octanol–water partition coefficient (Wildman–Crippen LogP) is 2.41. The topological polar surface area (TPSA) is 23.5 Å². The van der Waals surface area contributed by atoms with Crippen LogP contribution in [-0.2, 0) is 0 Å². The van der Waals surface area contributed by atoms with Crippen molar-refractivity contribution >= 4 is 0 Å². The number of nitrogens with zero attached hydrogens (tertiary/aromatic N) is 1. The summed E-state index contributed by atoms with van der Waals surface area (Å²) in [6.45, 7) is 4.77. The fourth-order valence-corrected chi connectivity index (χ4v) is 3.22. The van der Waals surface area contributed by atoms with Gasteiger partial charge in [0.1, 0.15) is 0 Å². The Morgan fingerprint density at radius 1 is 1.00 bits per heavy atom. The van der Waals surface area contributed by atoms with Crippen molar-refractivity contribution in [3.8, 4) is 0 Å². The van der Waals surface area contributed by atoms with Gasteiger partial charge in [-0.2, -0.15) is 0 Å². The Kier molecular flexibility index (Phi) is 4.04. The Bertz CT molecular complexity index is 195. The van der Waals surface area contributed by atoms with E-state index < -0.39 is 0 Å². The zero-order valence-corrected chi connectivity index (χ0v) is 9.99. The van der Waals surface area contributed by atoms with Gasteiger partial charge in [-0.25, -0.2) is 0 Å². The Morgan fingerprint density at radius 2 is 1.80 bits per heavy atom. The van der Waals surface area contributed by atoms with Crippen molar-refractivity contribution in [3.63, 3.8) is 0 Å². The summed E-state index contributed by atoms with van der Waals surface area (Å²) in [6, 6.07) is 0.468. The molecule has 0 amide bonds. The van der Waals surface area contributed by atoms with Crippen molar-refractivity contribution in [1.29, 1.82) is 0 Å². The van der Waals surface area contributed by atoms with Crippen LogP contribution in [0.25, 0.3) is 0 Å². The van der Waals surface area contributed by atoms with Crippen molar-refractivity contribution in [2.75, 3.05) is 13.1 Å². The molecule has 0 aromatic rings. The van der Waals surface area contributed by atoms with Crippen LogP contribution in [-0.4, -0.2) is 35.2 Å². The molecule has 0 radical (unpaired) electrons. The first-order valence-electron chi connectivity index (χ1n) is 6.69. The first kappa shape index (κ1) is 11.4. The van der Waals surface area contributed by atoms with E-state index in [1.165, 1.54) is 51.6 Å². The van der Waals surface area contributed by atoms with Crippen molar-refractivity contribution in [3.05, 3.63) is 0 Å². The summed E-state index contributed by atoms with van der Waals surface area (Å²) in [7, 11) is 0. The minimum absolute atomic E-state index is 0.0576. The predicted molar refractivity (Wildman–Crippen MR) is 62.9 cm³/mol. The number of hydrogen-bond acceptors (Lipinski definition) is 2. The van der Waals surface area contributed by atoms with Crippen LogP contribution < -0.4 is 0 Å². The fraction of sp³-hybridized carbons (Fsp3) is 1.00. The number of piperidine rings is 1. The zero-order valence-electron chi connectivity index (χ0n) is 9.99. The monoisotopic (exact) mass is 211 g/mol. The molecule has 3 atom stereocenters. The molecule has 0 aromatic heterocycles. The molecule has 2 nitrogen and oxygen atoms in total. The third kappa shape index (κ3) is 2.94. The summed E-state index contributed by atoms with van der Waals surface area (Å²) in [5, 5.41) is 10.1. The molecule has 1 aliphatic heterocycles. The molecule has 3 unspecified atom stereocenters. The van der Waals surface area contributed by atoms with E-state index in [9.17, 15) is 5.11 Å². The quantitative estimate of drug-likeness (QED) is 0.673. The lowest BCUT2D eigenvalue weighted by molar-refractivity contribution is 0.0231. The number of hydrogen-bond donors (Lipinski definition) is 1. The standard InChI is InChI=1S/C13H25NO/c1-11-6-5-9-14(10-11)12-7-3-2-4-8-13(12)15/h11-13,15H,2-10H2,1H3. The SMILES string of the molecule is CC1CCCN(C2CCCCCC2O)C1. The van der Waals surface area contributed by atoms with Crippen molar-refractivity contribution in [2.24, 2.45) is 5.92 Å². The molecule has 1 saturated heterocycles. The normalized spacial score (nSPS) is 40.0. The molecule has 1 heterocycles. The molecule has 1 saturated carbocycles. The van der Waals surface area contributed by atoms with Gasteiger partial charge < -0.3 is 5.11 Å². The molecule has 0 bridgehead atoms. The largest absolute Gasteiger partial charge is 0.391 e. The van der Waals surface area contributed by atoms with E-state index in [4.69, 9.17) is 0 Å². The Labute approximate surface area is 93.7 Å². The third-order valence-electron chi connectivity index (χ3n) is 4.10. The lowest BCUT2D eigenvalue weighted by Crippen LogP contribution is -2.47. The van der Waals surface area contributed by atoms with Gasteiger partial charge in [0.05, 0.1) is 6.10 Å². The van der Waals surface area contributed by atoms with Crippen LogP contribution in [0.3, 0.4) is 0 Å². The molecule has 2 heteroatoms. The van der Waals surface area contributed by atoms with Gasteiger partial charge in [0, 0.05) is 12.6 Å². The van der Waals surface area contributed by atoms with Gasteiger partial charge in [0.2, 0.25) is 0 Å². The lowest BCUT2D eigenvalue weighted by atomic mass is 9.95. The summed E-state index contributed by atoms with van der Waals surface area (Å²) in [5.74, 6) is 0.828. The highest BCUT2D eigenvalue weighted by Gasteiger charge is 2.29. The lowest BCUT2D eigenvalue weighted by Gasteiger charge is -2.39. The summed E-state index contributed by atoms with van der Waals surface area (Å²) in [4.78, 5) is 2.56. The Morgan fingerprint density at radius 3 is 2.60 bits per heavy atom. The van der Waals surface area contributed by atoms with Gasteiger partial charge in [0.15, 0.2) is 0 Å². The summed E-state index contributed by atoms with van der Waals surface area (Å²) < 4.78 is 0. The van der Waals surface area contributed by atoms with Crippen LogP contribution in [0.5, 0.6) is 0 Å². The highest BCUT2D eigenvalue weighted by atomic mass is 16.3. The van der Waals surface area contributed by atoms with Crippen LogP contribution in [0.2, 0.25) is 0 Å². The maximum Gasteiger partial charge on any atom is 0.0695 e.